The van der Waals surface area contributed by atoms with Crippen LogP contribution in [0.3, 0.4) is 0 Å². The normalized spacial score (nSPS) is 13.2. The molecule has 0 aliphatic rings. The van der Waals surface area contributed by atoms with Crippen molar-refractivity contribution in [3.8, 4) is 0 Å². The van der Waals surface area contributed by atoms with E-state index < -0.39 is 11.9 Å². The Morgan fingerprint density at radius 2 is 1.81 bits per heavy atom. The summed E-state index contributed by atoms with van der Waals surface area (Å²) in [6, 6.07) is 1.15. The molecule has 1 heterocycles. The fraction of sp³-hybridized carbons (Fsp3) is 0.727. The lowest BCUT2D eigenvalue weighted by molar-refractivity contribution is -0.141. The first-order valence-corrected chi connectivity index (χ1v) is 5.31. The van der Waals surface area contributed by atoms with Crippen LogP contribution < -0.4 is 0 Å². The number of hydrogen-bond acceptors (Lipinski definition) is 1. The van der Waals surface area contributed by atoms with Crippen molar-refractivity contribution in [1.82, 2.24) is 9.78 Å². The van der Waals surface area contributed by atoms with Gasteiger partial charge in [-0.2, -0.15) is 18.3 Å². The van der Waals surface area contributed by atoms with Crippen molar-refractivity contribution >= 4 is 0 Å². The average Bonchev–Trinajstić information content (AvgIpc) is 2.46. The molecule has 0 saturated carbocycles. The second-order valence-corrected chi connectivity index (χ2v) is 4.89. The lowest BCUT2D eigenvalue weighted by atomic mass is 9.92. The summed E-state index contributed by atoms with van der Waals surface area (Å²) in [7, 11) is 0. The molecule has 1 aromatic heterocycles. The zero-order chi connectivity index (χ0) is 12.6. The maximum atomic E-state index is 12.5. The first-order chi connectivity index (χ1) is 7.16. The topological polar surface area (TPSA) is 17.8 Å². The molecular weight excluding hydrogens is 217 g/mol. The minimum absolute atomic E-state index is 0.328. The monoisotopic (exact) mass is 234 g/mol. The van der Waals surface area contributed by atoms with Crippen LogP contribution in [-0.2, 0) is 18.1 Å². The fourth-order valence-electron chi connectivity index (χ4n) is 1.54. The number of halogens is 3. The molecule has 0 N–H and O–H groups in total. The van der Waals surface area contributed by atoms with Gasteiger partial charge in [-0.25, -0.2) is 0 Å². The maximum Gasteiger partial charge on any atom is 0.435 e. The number of aryl methyl sites for hydroxylation is 1. The number of nitrogens with zero attached hydrogens (tertiary/aromatic N) is 2. The van der Waals surface area contributed by atoms with E-state index in [1.54, 1.807) is 0 Å². The second kappa shape index (κ2) is 4.11. The molecular formula is C11H17F3N2. The van der Waals surface area contributed by atoms with Crippen LogP contribution in [0.4, 0.5) is 13.2 Å². The van der Waals surface area contributed by atoms with E-state index in [9.17, 15) is 13.2 Å². The number of rotatable bonds is 2. The smallest absolute Gasteiger partial charge is 0.268 e. The van der Waals surface area contributed by atoms with Crippen LogP contribution in [0.5, 0.6) is 0 Å². The zero-order valence-corrected chi connectivity index (χ0v) is 10.0. The van der Waals surface area contributed by atoms with Gasteiger partial charge in [-0.15, -0.1) is 0 Å². The van der Waals surface area contributed by atoms with Gasteiger partial charge in [0.1, 0.15) is 0 Å². The summed E-state index contributed by atoms with van der Waals surface area (Å²) in [6.45, 7) is 8.09. The molecule has 0 fully saturated rings. The van der Waals surface area contributed by atoms with Gasteiger partial charge in [0, 0.05) is 17.7 Å². The molecule has 0 aliphatic carbocycles. The van der Waals surface area contributed by atoms with Crippen molar-refractivity contribution < 1.29 is 13.2 Å². The minimum atomic E-state index is -4.36. The first kappa shape index (κ1) is 13.1. The maximum absolute atomic E-state index is 12.5. The molecule has 1 aromatic rings. The van der Waals surface area contributed by atoms with Gasteiger partial charge in [-0.05, 0) is 12.5 Å². The van der Waals surface area contributed by atoms with Gasteiger partial charge in [0.15, 0.2) is 5.69 Å². The lowest BCUT2D eigenvalue weighted by Crippen LogP contribution is -2.18. The van der Waals surface area contributed by atoms with E-state index in [0.717, 1.165) is 12.5 Å². The van der Waals surface area contributed by atoms with E-state index in [1.165, 1.54) is 4.68 Å². The highest BCUT2D eigenvalue weighted by molar-refractivity contribution is 5.19. The van der Waals surface area contributed by atoms with Crippen molar-refractivity contribution in [3.63, 3.8) is 0 Å². The highest BCUT2D eigenvalue weighted by Crippen LogP contribution is 2.32. The lowest BCUT2D eigenvalue weighted by Gasteiger charge is -2.19. The van der Waals surface area contributed by atoms with Crippen LogP contribution in [0, 0.1) is 0 Å². The largest absolute Gasteiger partial charge is 0.435 e. The Morgan fingerprint density at radius 3 is 2.19 bits per heavy atom. The fourth-order valence-corrected chi connectivity index (χ4v) is 1.54. The number of hydrogen-bond donors (Lipinski definition) is 0. The third kappa shape index (κ3) is 2.77. The van der Waals surface area contributed by atoms with Crippen molar-refractivity contribution in [2.75, 3.05) is 0 Å². The molecule has 0 saturated heterocycles. The van der Waals surface area contributed by atoms with Gasteiger partial charge < -0.3 is 0 Å². The molecule has 92 valence electrons. The van der Waals surface area contributed by atoms with Crippen LogP contribution in [0.25, 0.3) is 0 Å². The van der Waals surface area contributed by atoms with Crippen molar-refractivity contribution in [2.24, 2.45) is 0 Å². The molecule has 0 aliphatic heterocycles. The predicted molar refractivity (Wildman–Crippen MR) is 56.2 cm³/mol. The SMILES string of the molecule is CCCn1nc(C(F)(F)F)cc1C(C)(C)C. The third-order valence-electron chi connectivity index (χ3n) is 2.27. The van der Waals surface area contributed by atoms with Crippen LogP contribution in [-0.4, -0.2) is 9.78 Å². The van der Waals surface area contributed by atoms with E-state index in [-0.39, 0.29) is 5.41 Å². The summed E-state index contributed by atoms with van der Waals surface area (Å²) in [4.78, 5) is 0. The summed E-state index contributed by atoms with van der Waals surface area (Å²) in [5, 5.41) is 3.63. The van der Waals surface area contributed by atoms with Gasteiger partial charge in [0.2, 0.25) is 0 Å². The van der Waals surface area contributed by atoms with Gasteiger partial charge >= 0.3 is 6.18 Å². The Balaban J connectivity index is 3.21. The van der Waals surface area contributed by atoms with Gasteiger partial charge in [0.05, 0.1) is 0 Å². The van der Waals surface area contributed by atoms with Crippen molar-refractivity contribution in [3.05, 3.63) is 17.5 Å². The molecule has 0 amide bonds. The zero-order valence-electron chi connectivity index (χ0n) is 10.0. The Kier molecular flexibility index (Phi) is 3.35. The van der Waals surface area contributed by atoms with Crippen molar-refractivity contribution in [2.45, 2.75) is 52.3 Å². The Bertz CT molecular complexity index is 358. The second-order valence-electron chi connectivity index (χ2n) is 4.89. The third-order valence-corrected chi connectivity index (χ3v) is 2.27. The molecule has 1 rings (SSSR count). The molecule has 2 nitrogen and oxygen atoms in total. The summed E-state index contributed by atoms with van der Waals surface area (Å²) < 4.78 is 39.1. The van der Waals surface area contributed by atoms with Crippen molar-refractivity contribution in [1.29, 1.82) is 0 Å². The van der Waals surface area contributed by atoms with E-state index in [1.807, 2.05) is 27.7 Å². The van der Waals surface area contributed by atoms with Crippen LogP contribution >= 0.6 is 0 Å². The minimum Gasteiger partial charge on any atom is -0.268 e. The molecule has 0 spiro atoms. The average molecular weight is 234 g/mol. The highest BCUT2D eigenvalue weighted by Gasteiger charge is 2.36. The van der Waals surface area contributed by atoms with E-state index in [4.69, 9.17) is 0 Å². The Hall–Kier alpha value is -1.00. The number of aromatic nitrogens is 2. The standard InChI is InChI=1S/C11H17F3N2/c1-5-6-16-9(10(2,3)4)7-8(15-16)11(12,13)14/h7H,5-6H2,1-4H3. The molecule has 0 aromatic carbocycles. The molecule has 0 bridgehead atoms. The summed E-state index contributed by atoms with van der Waals surface area (Å²) in [5.41, 5.74) is -0.501. The summed E-state index contributed by atoms with van der Waals surface area (Å²) in [6.07, 6.45) is -3.60. The summed E-state index contributed by atoms with van der Waals surface area (Å²) >= 11 is 0. The Morgan fingerprint density at radius 1 is 1.25 bits per heavy atom. The molecule has 16 heavy (non-hydrogen) atoms. The van der Waals surface area contributed by atoms with E-state index in [0.29, 0.717) is 12.2 Å². The quantitative estimate of drug-likeness (QED) is 0.764. The van der Waals surface area contributed by atoms with Crippen LogP contribution in [0.2, 0.25) is 0 Å². The molecule has 0 unspecified atom stereocenters. The highest BCUT2D eigenvalue weighted by atomic mass is 19.4. The Labute approximate surface area is 93.5 Å². The number of alkyl halides is 3. The van der Waals surface area contributed by atoms with Gasteiger partial charge in [0.25, 0.3) is 0 Å². The van der Waals surface area contributed by atoms with E-state index >= 15 is 0 Å². The van der Waals surface area contributed by atoms with Crippen LogP contribution in [0.1, 0.15) is 45.5 Å². The van der Waals surface area contributed by atoms with Gasteiger partial charge in [-0.1, -0.05) is 27.7 Å². The molecule has 0 atom stereocenters. The van der Waals surface area contributed by atoms with Gasteiger partial charge in [-0.3, -0.25) is 4.68 Å². The predicted octanol–water partition coefficient (Wildman–Crippen LogP) is 3.61. The van der Waals surface area contributed by atoms with Crippen LogP contribution in [0.15, 0.2) is 6.07 Å². The van der Waals surface area contributed by atoms with E-state index in [2.05, 4.69) is 5.10 Å². The molecule has 5 heteroatoms. The summed E-state index contributed by atoms with van der Waals surface area (Å²) in [5.74, 6) is 0. The molecule has 0 radical (unpaired) electrons. The first-order valence-electron chi connectivity index (χ1n) is 5.31.